The van der Waals surface area contributed by atoms with Crippen LogP contribution in [0.15, 0.2) is 22.7 Å². The Morgan fingerprint density at radius 2 is 2.16 bits per heavy atom. The summed E-state index contributed by atoms with van der Waals surface area (Å²) in [5.74, 6) is 0.397. The lowest BCUT2D eigenvalue weighted by Gasteiger charge is -2.23. The molecule has 0 aliphatic heterocycles. The zero-order chi connectivity index (χ0) is 14.4. The van der Waals surface area contributed by atoms with Crippen LogP contribution in [0, 0.1) is 16.0 Å². The van der Waals surface area contributed by atoms with Gasteiger partial charge in [0.2, 0.25) is 0 Å². The molecular formula is C13H19BrN2O3. The molecule has 0 aliphatic carbocycles. The normalized spacial score (nSPS) is 12.5. The average Bonchev–Trinajstić information content (AvgIpc) is 2.35. The minimum atomic E-state index is -0.408. The summed E-state index contributed by atoms with van der Waals surface area (Å²) in [5, 5.41) is 14.0. The molecule has 0 radical (unpaired) electrons. The van der Waals surface area contributed by atoms with Crippen molar-refractivity contribution in [1.29, 1.82) is 0 Å². The van der Waals surface area contributed by atoms with E-state index in [-0.39, 0.29) is 11.7 Å². The molecule has 0 saturated heterocycles. The molecule has 1 unspecified atom stereocenters. The fourth-order valence-electron chi connectivity index (χ4n) is 1.58. The van der Waals surface area contributed by atoms with Crippen molar-refractivity contribution in [3.8, 4) is 0 Å². The second-order valence-electron chi connectivity index (χ2n) is 4.58. The molecule has 0 amide bonds. The van der Waals surface area contributed by atoms with Crippen LogP contribution in [0.1, 0.15) is 20.8 Å². The van der Waals surface area contributed by atoms with E-state index in [4.69, 9.17) is 4.74 Å². The van der Waals surface area contributed by atoms with Crippen molar-refractivity contribution in [2.45, 2.75) is 26.8 Å². The molecule has 1 aromatic rings. The van der Waals surface area contributed by atoms with Crippen LogP contribution in [-0.2, 0) is 4.74 Å². The molecule has 5 nitrogen and oxygen atoms in total. The first-order valence-corrected chi connectivity index (χ1v) is 7.03. The van der Waals surface area contributed by atoms with Gasteiger partial charge in [0.05, 0.1) is 17.6 Å². The van der Waals surface area contributed by atoms with Crippen LogP contribution in [0.3, 0.4) is 0 Å². The Bertz CT molecular complexity index is 438. The lowest BCUT2D eigenvalue weighted by atomic mass is 10.0. The van der Waals surface area contributed by atoms with E-state index in [1.165, 1.54) is 12.1 Å². The molecule has 0 saturated carbocycles. The van der Waals surface area contributed by atoms with Crippen molar-refractivity contribution in [1.82, 2.24) is 0 Å². The van der Waals surface area contributed by atoms with Gasteiger partial charge in [0.15, 0.2) is 0 Å². The smallest absolute Gasteiger partial charge is 0.270 e. The van der Waals surface area contributed by atoms with E-state index >= 15 is 0 Å². The third-order valence-corrected chi connectivity index (χ3v) is 3.47. The Morgan fingerprint density at radius 3 is 2.63 bits per heavy atom. The van der Waals surface area contributed by atoms with Crippen LogP contribution in [-0.4, -0.2) is 24.2 Å². The highest BCUT2D eigenvalue weighted by Crippen LogP contribution is 2.28. The maximum Gasteiger partial charge on any atom is 0.270 e. The minimum Gasteiger partial charge on any atom is -0.380 e. The molecule has 19 heavy (non-hydrogen) atoms. The number of halogens is 1. The van der Waals surface area contributed by atoms with Crippen LogP contribution in [0.2, 0.25) is 0 Å². The van der Waals surface area contributed by atoms with Gasteiger partial charge in [0.25, 0.3) is 5.69 Å². The maximum atomic E-state index is 10.7. The van der Waals surface area contributed by atoms with Crippen molar-refractivity contribution in [3.63, 3.8) is 0 Å². The summed E-state index contributed by atoms with van der Waals surface area (Å²) < 4.78 is 6.13. The highest BCUT2D eigenvalue weighted by atomic mass is 79.9. The van der Waals surface area contributed by atoms with Crippen molar-refractivity contribution < 1.29 is 9.66 Å². The van der Waals surface area contributed by atoms with Gasteiger partial charge in [-0.3, -0.25) is 10.1 Å². The molecular weight excluding hydrogens is 312 g/mol. The van der Waals surface area contributed by atoms with Crippen LogP contribution in [0.4, 0.5) is 11.4 Å². The first kappa shape index (κ1) is 15.9. The summed E-state index contributed by atoms with van der Waals surface area (Å²) in [5.41, 5.74) is 0.910. The molecule has 0 aliphatic rings. The number of hydrogen-bond acceptors (Lipinski definition) is 4. The van der Waals surface area contributed by atoms with E-state index in [1.54, 1.807) is 6.07 Å². The highest BCUT2D eigenvalue weighted by molar-refractivity contribution is 9.10. The standard InChI is InChI=1S/C13H19BrN2O3/c1-4-19-8-13(9(2)3)15-12-6-5-10(16(17)18)7-11(12)14/h5-7,9,13,15H,4,8H2,1-3H3. The first-order chi connectivity index (χ1) is 8.95. The Hall–Kier alpha value is -1.14. The van der Waals surface area contributed by atoms with Gasteiger partial charge in [-0.1, -0.05) is 13.8 Å². The summed E-state index contributed by atoms with van der Waals surface area (Å²) in [4.78, 5) is 10.3. The Balaban J connectivity index is 2.81. The van der Waals surface area contributed by atoms with E-state index < -0.39 is 4.92 Å². The van der Waals surface area contributed by atoms with E-state index in [2.05, 4.69) is 35.1 Å². The second-order valence-corrected chi connectivity index (χ2v) is 5.43. The lowest BCUT2D eigenvalue weighted by Crippen LogP contribution is -2.31. The molecule has 0 spiro atoms. The third-order valence-electron chi connectivity index (χ3n) is 2.81. The largest absolute Gasteiger partial charge is 0.380 e. The number of non-ortho nitro benzene ring substituents is 1. The predicted molar refractivity (Wildman–Crippen MR) is 79.5 cm³/mol. The number of nitro groups is 1. The van der Waals surface area contributed by atoms with Gasteiger partial charge in [0, 0.05) is 28.9 Å². The van der Waals surface area contributed by atoms with Crippen LogP contribution < -0.4 is 5.32 Å². The van der Waals surface area contributed by atoms with E-state index in [9.17, 15) is 10.1 Å². The number of ether oxygens (including phenoxy) is 1. The molecule has 6 heteroatoms. The number of nitrogens with zero attached hydrogens (tertiary/aromatic N) is 1. The molecule has 1 N–H and O–H groups in total. The summed E-state index contributed by atoms with van der Waals surface area (Å²) in [6.07, 6.45) is 0. The zero-order valence-corrected chi connectivity index (χ0v) is 12.9. The van der Waals surface area contributed by atoms with Crippen LogP contribution in [0.5, 0.6) is 0 Å². The molecule has 0 bridgehead atoms. The molecule has 0 heterocycles. The third kappa shape index (κ3) is 4.80. The van der Waals surface area contributed by atoms with E-state index in [0.29, 0.717) is 23.6 Å². The first-order valence-electron chi connectivity index (χ1n) is 6.24. The van der Waals surface area contributed by atoms with Gasteiger partial charge in [0.1, 0.15) is 0 Å². The topological polar surface area (TPSA) is 64.4 Å². The van der Waals surface area contributed by atoms with Gasteiger partial charge in [-0.15, -0.1) is 0 Å². The average molecular weight is 331 g/mol. The SMILES string of the molecule is CCOCC(Nc1ccc([N+](=O)[O-])cc1Br)C(C)C. The molecule has 106 valence electrons. The number of rotatable bonds is 7. The lowest BCUT2D eigenvalue weighted by molar-refractivity contribution is -0.384. The summed E-state index contributed by atoms with van der Waals surface area (Å²) >= 11 is 3.35. The highest BCUT2D eigenvalue weighted by Gasteiger charge is 2.16. The van der Waals surface area contributed by atoms with Crippen molar-refractivity contribution in [2.75, 3.05) is 18.5 Å². The number of nitro benzene ring substituents is 1. The van der Waals surface area contributed by atoms with E-state index in [1.807, 2.05) is 6.92 Å². The minimum absolute atomic E-state index is 0.0725. The number of nitrogens with one attached hydrogen (secondary N) is 1. The molecule has 0 aromatic heterocycles. The number of benzene rings is 1. The van der Waals surface area contributed by atoms with Crippen molar-refractivity contribution in [2.24, 2.45) is 5.92 Å². The fourth-order valence-corrected chi connectivity index (χ4v) is 2.06. The maximum absolute atomic E-state index is 10.7. The van der Waals surface area contributed by atoms with Gasteiger partial charge in [-0.05, 0) is 34.8 Å². The van der Waals surface area contributed by atoms with Crippen LogP contribution in [0.25, 0.3) is 0 Å². The summed E-state index contributed by atoms with van der Waals surface area (Å²) in [6.45, 7) is 7.45. The molecule has 1 atom stereocenters. The molecule has 1 aromatic carbocycles. The van der Waals surface area contributed by atoms with Crippen molar-refractivity contribution >= 4 is 27.3 Å². The fraction of sp³-hybridized carbons (Fsp3) is 0.538. The van der Waals surface area contributed by atoms with Gasteiger partial charge in [-0.25, -0.2) is 0 Å². The van der Waals surface area contributed by atoms with Crippen LogP contribution >= 0.6 is 15.9 Å². The quantitative estimate of drug-likeness (QED) is 0.609. The summed E-state index contributed by atoms with van der Waals surface area (Å²) in [7, 11) is 0. The van der Waals surface area contributed by atoms with Gasteiger partial charge >= 0.3 is 0 Å². The van der Waals surface area contributed by atoms with Gasteiger partial charge in [-0.2, -0.15) is 0 Å². The van der Waals surface area contributed by atoms with E-state index in [0.717, 1.165) is 5.69 Å². The number of anilines is 1. The summed E-state index contributed by atoms with van der Waals surface area (Å²) in [6, 6.07) is 4.87. The van der Waals surface area contributed by atoms with Crippen molar-refractivity contribution in [3.05, 3.63) is 32.8 Å². The number of hydrogen-bond donors (Lipinski definition) is 1. The predicted octanol–water partition coefficient (Wildman–Crippen LogP) is 3.83. The Labute approximate surface area is 121 Å². The zero-order valence-electron chi connectivity index (χ0n) is 11.4. The van der Waals surface area contributed by atoms with Gasteiger partial charge < -0.3 is 10.1 Å². The Kier molecular flexibility index (Phi) is 6.24. The Morgan fingerprint density at radius 1 is 1.47 bits per heavy atom. The molecule has 1 rings (SSSR count). The molecule has 0 fully saturated rings. The monoisotopic (exact) mass is 330 g/mol. The second kappa shape index (κ2) is 7.45.